The van der Waals surface area contributed by atoms with E-state index in [1.807, 2.05) is 6.92 Å². The summed E-state index contributed by atoms with van der Waals surface area (Å²) in [6.07, 6.45) is 1.53. The Kier molecular flexibility index (Phi) is 6.10. The lowest BCUT2D eigenvalue weighted by Crippen LogP contribution is -2.41. The zero-order chi connectivity index (χ0) is 20.9. The first-order valence-electron chi connectivity index (χ1n) is 8.64. The average molecular weight is 412 g/mol. The van der Waals surface area contributed by atoms with Crippen molar-refractivity contribution < 1.29 is 17.9 Å². The third-order valence-electron chi connectivity index (χ3n) is 4.04. The minimum atomic E-state index is -3.90. The number of sulfonamides is 1. The van der Waals surface area contributed by atoms with Gasteiger partial charge in [-0.1, -0.05) is 17.7 Å². The van der Waals surface area contributed by atoms with E-state index in [1.165, 1.54) is 24.4 Å². The summed E-state index contributed by atoms with van der Waals surface area (Å²) < 4.78 is 29.8. The first-order chi connectivity index (χ1) is 13.9. The highest BCUT2D eigenvalue weighted by Crippen LogP contribution is 2.21. The Morgan fingerprint density at radius 1 is 1.00 bits per heavy atom. The molecule has 150 valence electrons. The maximum Gasteiger partial charge on any atom is 0.269 e. The van der Waals surface area contributed by atoms with Crippen molar-refractivity contribution >= 4 is 27.4 Å². The molecule has 0 radical (unpaired) electrons. The molecule has 0 saturated carbocycles. The first-order valence-corrected chi connectivity index (χ1v) is 10.1. The zero-order valence-electron chi connectivity index (χ0n) is 15.8. The quantitative estimate of drug-likeness (QED) is 0.515. The Morgan fingerprint density at radius 3 is 2.34 bits per heavy atom. The fourth-order valence-corrected chi connectivity index (χ4v) is 3.30. The standard InChI is InChI=1S/C20H20N4O4S/c1-14-5-11-17(12-6-14)29(26,27)24-23-20(25)18-4-3-13-21-19(18)22-15-7-9-16(28-2)10-8-15/h3-13,24H,1-2H3,(H,21,22)(H,23,25). The lowest BCUT2D eigenvalue weighted by atomic mass is 10.2. The van der Waals surface area contributed by atoms with Gasteiger partial charge in [-0.25, -0.2) is 13.4 Å². The lowest BCUT2D eigenvalue weighted by Gasteiger charge is -2.12. The van der Waals surface area contributed by atoms with Crippen LogP contribution in [-0.2, 0) is 10.0 Å². The number of nitrogens with one attached hydrogen (secondary N) is 3. The Balaban J connectivity index is 1.73. The predicted octanol–water partition coefficient (Wildman–Crippen LogP) is 2.77. The number of amides is 1. The highest BCUT2D eigenvalue weighted by molar-refractivity contribution is 7.89. The number of hydrazine groups is 1. The van der Waals surface area contributed by atoms with Crippen LogP contribution in [-0.4, -0.2) is 26.4 Å². The van der Waals surface area contributed by atoms with Gasteiger partial charge < -0.3 is 10.1 Å². The fraction of sp³-hybridized carbons (Fsp3) is 0.100. The van der Waals surface area contributed by atoms with Crippen molar-refractivity contribution in [3.05, 3.63) is 78.0 Å². The second kappa shape index (κ2) is 8.72. The SMILES string of the molecule is COc1ccc(Nc2ncccc2C(=O)NNS(=O)(=O)c2ccc(C)cc2)cc1. The van der Waals surface area contributed by atoms with Crippen LogP contribution >= 0.6 is 0 Å². The molecule has 29 heavy (non-hydrogen) atoms. The number of aromatic nitrogens is 1. The molecule has 1 amide bonds. The number of carbonyl (C=O) groups excluding carboxylic acids is 1. The molecular weight excluding hydrogens is 392 g/mol. The number of aryl methyl sites for hydroxylation is 1. The second-order valence-electron chi connectivity index (χ2n) is 6.13. The van der Waals surface area contributed by atoms with Gasteiger partial charge in [-0.15, -0.1) is 4.83 Å². The van der Waals surface area contributed by atoms with Crippen LogP contribution in [0, 0.1) is 6.92 Å². The molecule has 2 aromatic carbocycles. The van der Waals surface area contributed by atoms with Crippen LogP contribution < -0.4 is 20.3 Å². The number of nitrogens with zero attached hydrogens (tertiary/aromatic N) is 1. The van der Waals surface area contributed by atoms with E-state index >= 15 is 0 Å². The van der Waals surface area contributed by atoms with Crippen molar-refractivity contribution in [2.45, 2.75) is 11.8 Å². The first kappa shape index (κ1) is 20.3. The van der Waals surface area contributed by atoms with Gasteiger partial charge in [0.2, 0.25) is 0 Å². The molecule has 9 heteroatoms. The summed E-state index contributed by atoms with van der Waals surface area (Å²) in [7, 11) is -2.33. The monoisotopic (exact) mass is 412 g/mol. The van der Waals surface area contributed by atoms with E-state index in [0.29, 0.717) is 11.4 Å². The second-order valence-corrected chi connectivity index (χ2v) is 7.81. The van der Waals surface area contributed by atoms with E-state index in [0.717, 1.165) is 5.56 Å². The van der Waals surface area contributed by atoms with E-state index in [2.05, 4.69) is 20.6 Å². The molecule has 0 unspecified atom stereocenters. The maximum atomic E-state index is 12.6. The molecule has 0 spiro atoms. The number of carbonyl (C=O) groups is 1. The van der Waals surface area contributed by atoms with E-state index in [1.54, 1.807) is 49.6 Å². The molecule has 3 N–H and O–H groups in total. The summed E-state index contributed by atoms with van der Waals surface area (Å²) in [5.74, 6) is 0.328. The van der Waals surface area contributed by atoms with Gasteiger partial charge in [0.1, 0.15) is 11.6 Å². The Bertz CT molecular complexity index is 1100. The van der Waals surface area contributed by atoms with E-state index in [4.69, 9.17) is 4.74 Å². The van der Waals surface area contributed by atoms with Crippen LogP contribution in [0.4, 0.5) is 11.5 Å². The molecule has 1 aromatic heterocycles. The van der Waals surface area contributed by atoms with Gasteiger partial charge in [0.15, 0.2) is 0 Å². The number of rotatable bonds is 7. The number of hydrogen-bond acceptors (Lipinski definition) is 6. The summed E-state index contributed by atoms with van der Waals surface area (Å²) in [6.45, 7) is 1.85. The Labute approximate surface area is 169 Å². The van der Waals surface area contributed by atoms with Crippen molar-refractivity contribution in [1.82, 2.24) is 15.2 Å². The van der Waals surface area contributed by atoms with Gasteiger partial charge in [0, 0.05) is 11.9 Å². The van der Waals surface area contributed by atoms with Crippen molar-refractivity contribution in [3.63, 3.8) is 0 Å². The lowest BCUT2D eigenvalue weighted by molar-refractivity contribution is 0.0945. The van der Waals surface area contributed by atoms with E-state index in [9.17, 15) is 13.2 Å². The van der Waals surface area contributed by atoms with Crippen molar-refractivity contribution in [1.29, 1.82) is 0 Å². The molecule has 1 heterocycles. The molecule has 0 saturated heterocycles. The molecule has 0 fully saturated rings. The summed E-state index contributed by atoms with van der Waals surface area (Å²) in [5.41, 5.74) is 4.02. The molecular formula is C20H20N4O4S. The average Bonchev–Trinajstić information content (AvgIpc) is 2.73. The Hall–Kier alpha value is -3.43. The normalized spacial score (nSPS) is 11.0. The molecule has 3 rings (SSSR count). The van der Waals surface area contributed by atoms with Crippen LogP contribution in [0.3, 0.4) is 0 Å². The van der Waals surface area contributed by atoms with Gasteiger partial charge in [-0.2, -0.15) is 0 Å². The highest BCUT2D eigenvalue weighted by atomic mass is 32.2. The molecule has 0 aliphatic carbocycles. The van der Waals surface area contributed by atoms with E-state index in [-0.39, 0.29) is 16.3 Å². The number of hydrogen-bond donors (Lipinski definition) is 3. The number of benzene rings is 2. The minimum absolute atomic E-state index is 0.0474. The summed E-state index contributed by atoms with van der Waals surface area (Å²) in [5, 5.41) is 3.04. The topological polar surface area (TPSA) is 109 Å². The molecule has 8 nitrogen and oxygen atoms in total. The van der Waals surface area contributed by atoms with Gasteiger partial charge in [-0.05, 0) is 55.5 Å². The number of anilines is 2. The third-order valence-corrected chi connectivity index (χ3v) is 5.30. The van der Waals surface area contributed by atoms with Gasteiger partial charge in [0.05, 0.1) is 17.6 Å². The van der Waals surface area contributed by atoms with E-state index < -0.39 is 15.9 Å². The van der Waals surface area contributed by atoms with Crippen molar-refractivity contribution in [2.75, 3.05) is 12.4 Å². The Morgan fingerprint density at radius 2 is 1.69 bits per heavy atom. The van der Waals surface area contributed by atoms with Crippen LogP contribution in [0.1, 0.15) is 15.9 Å². The van der Waals surface area contributed by atoms with Crippen molar-refractivity contribution in [2.24, 2.45) is 0 Å². The van der Waals surface area contributed by atoms with Crippen LogP contribution in [0.25, 0.3) is 0 Å². The molecule has 0 bridgehead atoms. The number of pyridine rings is 1. The summed E-state index contributed by atoms with van der Waals surface area (Å²) in [4.78, 5) is 18.9. The third kappa shape index (κ3) is 5.09. The number of ether oxygens (including phenoxy) is 1. The van der Waals surface area contributed by atoms with Gasteiger partial charge in [-0.3, -0.25) is 10.2 Å². The smallest absolute Gasteiger partial charge is 0.269 e. The summed E-state index contributed by atoms with van der Waals surface area (Å²) in [6, 6.07) is 16.5. The minimum Gasteiger partial charge on any atom is -0.497 e. The molecule has 0 atom stereocenters. The molecule has 0 aliphatic rings. The van der Waals surface area contributed by atoms with Crippen molar-refractivity contribution in [3.8, 4) is 5.75 Å². The summed E-state index contributed by atoms with van der Waals surface area (Å²) >= 11 is 0. The zero-order valence-corrected chi connectivity index (χ0v) is 16.7. The number of methoxy groups -OCH3 is 1. The largest absolute Gasteiger partial charge is 0.497 e. The molecule has 3 aromatic rings. The van der Waals surface area contributed by atoms with Gasteiger partial charge >= 0.3 is 0 Å². The van der Waals surface area contributed by atoms with Gasteiger partial charge in [0.25, 0.3) is 15.9 Å². The fourth-order valence-electron chi connectivity index (χ4n) is 2.46. The predicted molar refractivity (Wildman–Crippen MR) is 109 cm³/mol. The highest BCUT2D eigenvalue weighted by Gasteiger charge is 2.18. The maximum absolute atomic E-state index is 12.6. The molecule has 0 aliphatic heterocycles. The van der Waals surface area contributed by atoms with Crippen LogP contribution in [0.2, 0.25) is 0 Å². The van der Waals surface area contributed by atoms with Crippen LogP contribution in [0.15, 0.2) is 71.8 Å². The van der Waals surface area contributed by atoms with Crippen LogP contribution in [0.5, 0.6) is 5.75 Å².